The summed E-state index contributed by atoms with van der Waals surface area (Å²) in [7, 11) is 1.69. The van der Waals surface area contributed by atoms with Gasteiger partial charge in [-0.2, -0.15) is 0 Å². The SMILES string of the molecule is CCOCCSc1nnnn1CCNCCOC. The maximum atomic E-state index is 5.27. The summed E-state index contributed by atoms with van der Waals surface area (Å²) in [5.74, 6) is 0.866. The van der Waals surface area contributed by atoms with Crippen molar-refractivity contribution in [2.45, 2.75) is 18.6 Å². The Bertz CT molecular complexity index is 310. The van der Waals surface area contributed by atoms with Gasteiger partial charge in [-0.05, 0) is 17.4 Å². The van der Waals surface area contributed by atoms with Gasteiger partial charge in [-0.1, -0.05) is 11.8 Å². The molecule has 18 heavy (non-hydrogen) atoms. The molecule has 0 amide bonds. The third kappa shape index (κ3) is 6.29. The van der Waals surface area contributed by atoms with E-state index in [0.29, 0.717) is 6.61 Å². The summed E-state index contributed by atoms with van der Waals surface area (Å²) in [4.78, 5) is 0. The molecule has 8 heteroatoms. The van der Waals surface area contributed by atoms with Gasteiger partial charge in [0.1, 0.15) is 0 Å². The molecule has 0 radical (unpaired) electrons. The number of nitrogens with one attached hydrogen (secondary N) is 1. The molecule has 0 bridgehead atoms. The second-order valence-electron chi connectivity index (χ2n) is 3.47. The molecule has 0 atom stereocenters. The van der Waals surface area contributed by atoms with E-state index in [9.17, 15) is 0 Å². The maximum Gasteiger partial charge on any atom is 0.209 e. The Morgan fingerprint density at radius 1 is 1.33 bits per heavy atom. The Kier molecular flexibility index (Phi) is 8.74. The number of methoxy groups -OCH3 is 1. The van der Waals surface area contributed by atoms with Crippen LogP contribution < -0.4 is 5.32 Å². The van der Waals surface area contributed by atoms with Crippen molar-refractivity contribution in [1.82, 2.24) is 25.5 Å². The molecule has 0 unspecified atom stereocenters. The lowest BCUT2D eigenvalue weighted by molar-refractivity contribution is 0.164. The number of thioether (sulfide) groups is 1. The second kappa shape index (κ2) is 10.2. The molecule has 0 aliphatic heterocycles. The fourth-order valence-corrected chi connectivity index (χ4v) is 2.02. The lowest BCUT2D eigenvalue weighted by Crippen LogP contribution is -2.24. The standard InChI is InChI=1S/C10H21N5O2S/c1-3-17-8-9-18-10-12-13-14-15(10)6-4-11-5-7-16-2/h11H,3-9H2,1-2H3. The van der Waals surface area contributed by atoms with Crippen molar-refractivity contribution < 1.29 is 9.47 Å². The van der Waals surface area contributed by atoms with Gasteiger partial charge in [0.25, 0.3) is 0 Å². The van der Waals surface area contributed by atoms with Crippen LogP contribution in [0.25, 0.3) is 0 Å². The lowest BCUT2D eigenvalue weighted by atomic mass is 10.6. The topological polar surface area (TPSA) is 74.1 Å². The molecule has 0 fully saturated rings. The molecule has 1 aromatic heterocycles. The molecule has 1 heterocycles. The normalized spacial score (nSPS) is 11.0. The van der Waals surface area contributed by atoms with Crippen LogP contribution in [0.1, 0.15) is 6.92 Å². The van der Waals surface area contributed by atoms with Gasteiger partial charge in [-0.25, -0.2) is 4.68 Å². The van der Waals surface area contributed by atoms with E-state index in [1.807, 2.05) is 6.92 Å². The summed E-state index contributed by atoms with van der Waals surface area (Å²) in [6, 6.07) is 0. The first-order valence-electron chi connectivity index (χ1n) is 6.04. The molecule has 0 saturated carbocycles. The van der Waals surface area contributed by atoms with E-state index in [4.69, 9.17) is 9.47 Å². The van der Waals surface area contributed by atoms with Crippen LogP contribution in [0.4, 0.5) is 0 Å². The number of aromatic nitrogens is 4. The van der Waals surface area contributed by atoms with Gasteiger partial charge in [0.05, 0.1) is 19.8 Å². The molecular weight excluding hydrogens is 254 g/mol. The molecule has 1 aromatic rings. The predicted octanol–water partition coefficient (Wildman–Crippen LogP) is 0.0377. The summed E-state index contributed by atoms with van der Waals surface area (Å²) in [6.07, 6.45) is 0. The first-order valence-corrected chi connectivity index (χ1v) is 7.03. The van der Waals surface area contributed by atoms with E-state index in [0.717, 1.165) is 43.8 Å². The van der Waals surface area contributed by atoms with Crippen molar-refractivity contribution in [2.75, 3.05) is 45.8 Å². The Hall–Kier alpha value is -0.700. The largest absolute Gasteiger partial charge is 0.383 e. The molecule has 104 valence electrons. The van der Waals surface area contributed by atoms with E-state index in [1.54, 1.807) is 23.6 Å². The molecule has 0 aromatic carbocycles. The minimum atomic E-state index is 0.714. The van der Waals surface area contributed by atoms with Crippen LogP contribution in [0.15, 0.2) is 5.16 Å². The number of rotatable bonds is 11. The average molecular weight is 275 g/mol. The van der Waals surface area contributed by atoms with Crippen molar-refractivity contribution in [3.63, 3.8) is 0 Å². The second-order valence-corrected chi connectivity index (χ2v) is 4.53. The zero-order valence-corrected chi connectivity index (χ0v) is 11.8. The number of hydrogen-bond acceptors (Lipinski definition) is 7. The summed E-state index contributed by atoms with van der Waals surface area (Å²) in [5, 5.41) is 15.7. The minimum Gasteiger partial charge on any atom is -0.383 e. The summed E-state index contributed by atoms with van der Waals surface area (Å²) in [5.41, 5.74) is 0. The fraction of sp³-hybridized carbons (Fsp3) is 0.900. The number of hydrogen-bond donors (Lipinski definition) is 1. The number of tetrazole rings is 1. The van der Waals surface area contributed by atoms with Crippen LogP contribution in [0.3, 0.4) is 0 Å². The first-order chi connectivity index (χ1) is 8.88. The number of nitrogens with zero attached hydrogens (tertiary/aromatic N) is 4. The zero-order valence-electron chi connectivity index (χ0n) is 11.0. The highest BCUT2D eigenvalue weighted by atomic mass is 32.2. The lowest BCUT2D eigenvalue weighted by Gasteiger charge is -2.05. The third-order valence-corrected chi connectivity index (χ3v) is 3.07. The molecule has 0 aliphatic rings. The van der Waals surface area contributed by atoms with Crippen LogP contribution in [-0.2, 0) is 16.0 Å². The van der Waals surface area contributed by atoms with E-state index in [-0.39, 0.29) is 0 Å². The number of ether oxygens (including phenoxy) is 2. The van der Waals surface area contributed by atoms with Crippen LogP contribution >= 0.6 is 11.8 Å². The predicted molar refractivity (Wildman–Crippen MR) is 69.8 cm³/mol. The van der Waals surface area contributed by atoms with Crippen molar-refractivity contribution in [2.24, 2.45) is 0 Å². The Morgan fingerprint density at radius 3 is 3.00 bits per heavy atom. The molecule has 1 N–H and O–H groups in total. The van der Waals surface area contributed by atoms with E-state index >= 15 is 0 Å². The molecule has 0 spiro atoms. The molecular formula is C10H21N5O2S. The van der Waals surface area contributed by atoms with Crippen molar-refractivity contribution >= 4 is 11.8 Å². The fourth-order valence-electron chi connectivity index (χ4n) is 1.26. The van der Waals surface area contributed by atoms with Crippen LogP contribution in [-0.4, -0.2) is 66.0 Å². The quantitative estimate of drug-likeness (QED) is 0.451. The van der Waals surface area contributed by atoms with E-state index in [1.165, 1.54) is 0 Å². The Labute approximate surface area is 112 Å². The molecule has 0 aliphatic carbocycles. The van der Waals surface area contributed by atoms with Gasteiger partial charge >= 0.3 is 0 Å². The monoisotopic (exact) mass is 275 g/mol. The van der Waals surface area contributed by atoms with Crippen LogP contribution in [0.2, 0.25) is 0 Å². The van der Waals surface area contributed by atoms with Crippen LogP contribution in [0, 0.1) is 0 Å². The van der Waals surface area contributed by atoms with Gasteiger partial charge in [-0.15, -0.1) is 5.10 Å². The Morgan fingerprint density at radius 2 is 2.22 bits per heavy atom. The van der Waals surface area contributed by atoms with Crippen molar-refractivity contribution in [3.05, 3.63) is 0 Å². The minimum absolute atomic E-state index is 0.714. The van der Waals surface area contributed by atoms with E-state index in [2.05, 4.69) is 20.8 Å². The summed E-state index contributed by atoms with van der Waals surface area (Å²) >= 11 is 1.61. The highest BCUT2D eigenvalue weighted by molar-refractivity contribution is 7.99. The van der Waals surface area contributed by atoms with Gasteiger partial charge in [0.2, 0.25) is 5.16 Å². The molecule has 7 nitrogen and oxygen atoms in total. The maximum absolute atomic E-state index is 5.27. The third-order valence-electron chi connectivity index (χ3n) is 2.15. The zero-order chi connectivity index (χ0) is 13.1. The highest BCUT2D eigenvalue weighted by Crippen LogP contribution is 2.12. The van der Waals surface area contributed by atoms with Crippen molar-refractivity contribution in [3.8, 4) is 0 Å². The van der Waals surface area contributed by atoms with E-state index < -0.39 is 0 Å². The van der Waals surface area contributed by atoms with Crippen LogP contribution in [0.5, 0.6) is 0 Å². The summed E-state index contributed by atoms with van der Waals surface area (Å²) in [6.45, 7) is 6.59. The Balaban J connectivity index is 2.18. The smallest absolute Gasteiger partial charge is 0.209 e. The van der Waals surface area contributed by atoms with Gasteiger partial charge in [0, 0.05) is 32.6 Å². The average Bonchev–Trinajstić information content (AvgIpc) is 2.82. The first kappa shape index (κ1) is 15.4. The molecule has 1 rings (SSSR count). The molecule has 0 saturated heterocycles. The van der Waals surface area contributed by atoms with Gasteiger partial charge in [0.15, 0.2) is 0 Å². The van der Waals surface area contributed by atoms with Gasteiger partial charge in [-0.3, -0.25) is 0 Å². The highest BCUT2D eigenvalue weighted by Gasteiger charge is 2.05. The van der Waals surface area contributed by atoms with Gasteiger partial charge < -0.3 is 14.8 Å². The van der Waals surface area contributed by atoms with Crippen molar-refractivity contribution in [1.29, 1.82) is 0 Å². The summed E-state index contributed by atoms with van der Waals surface area (Å²) < 4.78 is 12.0.